The van der Waals surface area contributed by atoms with Gasteiger partial charge in [0.2, 0.25) is 0 Å². The topological polar surface area (TPSA) is 56.7 Å². The standard InChI is InChI=1S/C9H10N4.C2H2/c10-5-8-2-1-3-9(4-8)13-7-11-6-12-13;1-2/h1-4,6-7H,5,10H2;1-2H. The number of aromatic nitrogens is 3. The Balaban J connectivity index is 0.000000531. The molecule has 1 heterocycles. The van der Waals surface area contributed by atoms with Crippen molar-refractivity contribution in [3.8, 4) is 18.5 Å². The Labute approximate surface area is 88.8 Å². The summed E-state index contributed by atoms with van der Waals surface area (Å²) in [6.45, 7) is 0.544. The van der Waals surface area contributed by atoms with Crippen molar-refractivity contribution in [2.24, 2.45) is 5.73 Å². The molecule has 0 saturated heterocycles. The molecule has 2 rings (SSSR count). The second kappa shape index (κ2) is 5.58. The van der Waals surface area contributed by atoms with Gasteiger partial charge in [0.15, 0.2) is 0 Å². The van der Waals surface area contributed by atoms with E-state index in [9.17, 15) is 0 Å². The van der Waals surface area contributed by atoms with E-state index in [0.717, 1.165) is 11.3 Å². The molecule has 1 aromatic carbocycles. The van der Waals surface area contributed by atoms with Gasteiger partial charge in [-0.1, -0.05) is 12.1 Å². The number of rotatable bonds is 2. The van der Waals surface area contributed by atoms with E-state index >= 15 is 0 Å². The molecule has 0 amide bonds. The van der Waals surface area contributed by atoms with Crippen molar-refractivity contribution in [3.63, 3.8) is 0 Å². The van der Waals surface area contributed by atoms with Gasteiger partial charge in [0.25, 0.3) is 0 Å². The van der Waals surface area contributed by atoms with Gasteiger partial charge >= 0.3 is 0 Å². The molecule has 4 heteroatoms. The number of nitrogens with two attached hydrogens (primary N) is 1. The third-order valence-corrected chi connectivity index (χ3v) is 1.83. The minimum Gasteiger partial charge on any atom is -0.326 e. The van der Waals surface area contributed by atoms with Crippen LogP contribution in [0.1, 0.15) is 5.56 Å². The molecule has 4 nitrogen and oxygen atoms in total. The fraction of sp³-hybridized carbons (Fsp3) is 0.0909. The maximum atomic E-state index is 5.53. The van der Waals surface area contributed by atoms with Gasteiger partial charge in [-0.2, -0.15) is 5.10 Å². The van der Waals surface area contributed by atoms with Crippen LogP contribution in [0.2, 0.25) is 0 Å². The molecule has 0 saturated carbocycles. The van der Waals surface area contributed by atoms with Crippen molar-refractivity contribution >= 4 is 0 Å². The molecular weight excluding hydrogens is 188 g/mol. The summed E-state index contributed by atoms with van der Waals surface area (Å²) in [5, 5.41) is 4.03. The first kappa shape index (κ1) is 11.0. The summed E-state index contributed by atoms with van der Waals surface area (Å²) in [5.74, 6) is 0. The highest BCUT2D eigenvalue weighted by atomic mass is 15.3. The zero-order valence-corrected chi connectivity index (χ0v) is 8.24. The van der Waals surface area contributed by atoms with Gasteiger partial charge in [0.05, 0.1) is 5.69 Å². The van der Waals surface area contributed by atoms with Crippen LogP contribution in [0.4, 0.5) is 0 Å². The summed E-state index contributed by atoms with van der Waals surface area (Å²) in [7, 11) is 0. The summed E-state index contributed by atoms with van der Waals surface area (Å²) < 4.78 is 1.71. The predicted octanol–water partition coefficient (Wildman–Crippen LogP) is 0.975. The lowest BCUT2D eigenvalue weighted by Crippen LogP contribution is -1.99. The molecule has 0 spiro atoms. The molecule has 2 N–H and O–H groups in total. The maximum Gasteiger partial charge on any atom is 0.138 e. The van der Waals surface area contributed by atoms with Crippen molar-refractivity contribution in [1.29, 1.82) is 0 Å². The van der Waals surface area contributed by atoms with Crippen LogP contribution in [-0.2, 0) is 6.54 Å². The van der Waals surface area contributed by atoms with Crippen LogP contribution in [0.5, 0.6) is 0 Å². The minimum absolute atomic E-state index is 0.544. The third kappa shape index (κ3) is 2.66. The molecule has 76 valence electrons. The molecule has 1 aromatic heterocycles. The lowest BCUT2D eigenvalue weighted by molar-refractivity contribution is 0.874. The summed E-state index contributed by atoms with van der Waals surface area (Å²) in [5.41, 5.74) is 7.60. The van der Waals surface area contributed by atoms with Crippen molar-refractivity contribution < 1.29 is 0 Å². The molecule has 0 fully saturated rings. The molecule has 0 atom stereocenters. The summed E-state index contributed by atoms with van der Waals surface area (Å²) in [6, 6.07) is 7.90. The Kier molecular flexibility index (Phi) is 4.07. The van der Waals surface area contributed by atoms with Crippen LogP contribution in [0, 0.1) is 12.8 Å². The van der Waals surface area contributed by atoms with E-state index in [-0.39, 0.29) is 0 Å². The van der Waals surface area contributed by atoms with Crippen LogP contribution < -0.4 is 5.73 Å². The van der Waals surface area contributed by atoms with E-state index in [4.69, 9.17) is 5.73 Å². The van der Waals surface area contributed by atoms with Crippen molar-refractivity contribution in [1.82, 2.24) is 14.8 Å². The highest BCUT2D eigenvalue weighted by Gasteiger charge is 1.96. The monoisotopic (exact) mass is 200 g/mol. The molecule has 0 aliphatic heterocycles. The molecule has 0 radical (unpaired) electrons. The summed E-state index contributed by atoms with van der Waals surface area (Å²) in [4.78, 5) is 3.87. The number of terminal acetylenes is 1. The Morgan fingerprint density at radius 2 is 2.13 bits per heavy atom. The van der Waals surface area contributed by atoms with Gasteiger partial charge in [-0.25, -0.2) is 9.67 Å². The van der Waals surface area contributed by atoms with E-state index in [2.05, 4.69) is 22.9 Å². The first-order valence-electron chi connectivity index (χ1n) is 4.37. The Bertz CT molecular complexity index is 417. The van der Waals surface area contributed by atoms with E-state index in [1.165, 1.54) is 6.33 Å². The summed E-state index contributed by atoms with van der Waals surface area (Å²) in [6.07, 6.45) is 11.2. The highest BCUT2D eigenvalue weighted by molar-refractivity contribution is 5.34. The van der Waals surface area contributed by atoms with E-state index in [0.29, 0.717) is 6.54 Å². The highest BCUT2D eigenvalue weighted by Crippen LogP contribution is 2.07. The molecule has 2 aromatic rings. The normalized spacial score (nSPS) is 9.00. The first-order chi connectivity index (χ1) is 7.40. The Morgan fingerprint density at radius 3 is 2.73 bits per heavy atom. The molecule has 15 heavy (non-hydrogen) atoms. The fourth-order valence-corrected chi connectivity index (χ4v) is 1.17. The number of benzene rings is 1. The lowest BCUT2D eigenvalue weighted by Gasteiger charge is -2.01. The van der Waals surface area contributed by atoms with Gasteiger partial charge < -0.3 is 5.73 Å². The van der Waals surface area contributed by atoms with Crippen LogP contribution in [-0.4, -0.2) is 14.8 Å². The van der Waals surface area contributed by atoms with E-state index in [1.54, 1.807) is 11.0 Å². The second-order valence-corrected chi connectivity index (χ2v) is 2.71. The van der Waals surface area contributed by atoms with Crippen molar-refractivity contribution in [3.05, 3.63) is 42.5 Å². The molecule has 0 bridgehead atoms. The van der Waals surface area contributed by atoms with Gasteiger partial charge in [-0.3, -0.25) is 0 Å². The predicted molar refractivity (Wildman–Crippen MR) is 59.1 cm³/mol. The lowest BCUT2D eigenvalue weighted by atomic mass is 10.2. The molecule has 0 unspecified atom stereocenters. The SMILES string of the molecule is C#C.NCc1cccc(-n2cncn2)c1. The van der Waals surface area contributed by atoms with Gasteiger partial charge in [-0.05, 0) is 17.7 Å². The van der Waals surface area contributed by atoms with E-state index in [1.807, 2.05) is 24.3 Å². The smallest absolute Gasteiger partial charge is 0.138 e. The molecule has 0 aliphatic rings. The fourth-order valence-electron chi connectivity index (χ4n) is 1.17. The average Bonchev–Trinajstić information content (AvgIpc) is 2.85. The zero-order valence-electron chi connectivity index (χ0n) is 8.24. The quantitative estimate of drug-likeness (QED) is 0.735. The first-order valence-corrected chi connectivity index (χ1v) is 4.37. The number of hydrogen-bond donors (Lipinski definition) is 1. The van der Waals surface area contributed by atoms with Crippen molar-refractivity contribution in [2.45, 2.75) is 6.54 Å². The number of hydrogen-bond acceptors (Lipinski definition) is 3. The summed E-state index contributed by atoms with van der Waals surface area (Å²) >= 11 is 0. The van der Waals surface area contributed by atoms with Gasteiger partial charge in [0.1, 0.15) is 12.7 Å². The van der Waals surface area contributed by atoms with Crippen LogP contribution in [0.3, 0.4) is 0 Å². The Morgan fingerprint density at radius 1 is 1.33 bits per heavy atom. The van der Waals surface area contributed by atoms with Crippen LogP contribution in [0.15, 0.2) is 36.9 Å². The second-order valence-electron chi connectivity index (χ2n) is 2.71. The van der Waals surface area contributed by atoms with Crippen LogP contribution >= 0.6 is 0 Å². The minimum atomic E-state index is 0.544. The zero-order chi connectivity index (χ0) is 11.1. The average molecular weight is 200 g/mol. The van der Waals surface area contributed by atoms with Gasteiger partial charge in [-0.15, -0.1) is 12.8 Å². The van der Waals surface area contributed by atoms with Crippen molar-refractivity contribution in [2.75, 3.05) is 0 Å². The maximum absolute atomic E-state index is 5.53. The number of nitrogens with zero attached hydrogens (tertiary/aromatic N) is 3. The van der Waals surface area contributed by atoms with Crippen LogP contribution in [0.25, 0.3) is 5.69 Å². The largest absolute Gasteiger partial charge is 0.326 e. The molecular formula is C11H12N4. The third-order valence-electron chi connectivity index (χ3n) is 1.83. The molecule has 0 aliphatic carbocycles. The van der Waals surface area contributed by atoms with Gasteiger partial charge in [0, 0.05) is 6.54 Å². The van der Waals surface area contributed by atoms with E-state index < -0.39 is 0 Å². The Hall–Kier alpha value is -2.12.